The molecule has 0 unspecified atom stereocenters. The zero-order valence-corrected chi connectivity index (χ0v) is 11.8. The van der Waals surface area contributed by atoms with E-state index >= 15 is 0 Å². The van der Waals surface area contributed by atoms with Gasteiger partial charge in [-0.1, -0.05) is 20.8 Å². The van der Waals surface area contributed by atoms with Gasteiger partial charge in [-0.05, 0) is 51.1 Å². The van der Waals surface area contributed by atoms with Crippen molar-refractivity contribution in [1.29, 1.82) is 0 Å². The van der Waals surface area contributed by atoms with Crippen LogP contribution in [0, 0.1) is 11.3 Å². The molecule has 1 fully saturated rings. The fourth-order valence-electron chi connectivity index (χ4n) is 2.80. The van der Waals surface area contributed by atoms with E-state index in [4.69, 9.17) is 0 Å². The quantitative estimate of drug-likeness (QED) is 0.775. The van der Waals surface area contributed by atoms with E-state index in [0.29, 0.717) is 5.41 Å². The van der Waals surface area contributed by atoms with Gasteiger partial charge in [0.05, 0.1) is 0 Å². The molecule has 0 heterocycles. The van der Waals surface area contributed by atoms with Crippen molar-refractivity contribution in [2.24, 2.45) is 11.3 Å². The molecule has 16 heavy (non-hydrogen) atoms. The Bertz CT molecular complexity index is 191. The van der Waals surface area contributed by atoms with E-state index in [1.165, 1.54) is 25.7 Å². The Morgan fingerprint density at radius 2 is 1.69 bits per heavy atom. The Morgan fingerprint density at radius 1 is 1.12 bits per heavy atom. The summed E-state index contributed by atoms with van der Waals surface area (Å²) in [4.78, 5) is 2.28. The number of hydrogen-bond acceptors (Lipinski definition) is 2. The first kappa shape index (κ1) is 14.0. The fourth-order valence-corrected chi connectivity index (χ4v) is 2.80. The number of nitrogens with zero attached hydrogens (tertiary/aromatic N) is 1. The fraction of sp³-hybridized carbons (Fsp3) is 1.00. The minimum atomic E-state index is 0.382. The van der Waals surface area contributed by atoms with Crippen LogP contribution >= 0.6 is 0 Å². The molecule has 0 aromatic rings. The SMILES string of the molecule is CC1CCC(NCC(C)(C)CN(C)C)CC1. The summed E-state index contributed by atoms with van der Waals surface area (Å²) in [5.41, 5.74) is 0.382. The zero-order chi connectivity index (χ0) is 12.2. The van der Waals surface area contributed by atoms with Gasteiger partial charge in [0.2, 0.25) is 0 Å². The molecule has 0 aliphatic heterocycles. The lowest BCUT2D eigenvalue weighted by atomic mass is 9.86. The van der Waals surface area contributed by atoms with E-state index in [1.807, 2.05) is 0 Å². The summed E-state index contributed by atoms with van der Waals surface area (Å²) in [5.74, 6) is 0.952. The summed E-state index contributed by atoms with van der Waals surface area (Å²) in [7, 11) is 4.31. The molecule has 1 N–H and O–H groups in total. The third kappa shape index (κ3) is 5.31. The van der Waals surface area contributed by atoms with Crippen LogP contribution in [0.3, 0.4) is 0 Å². The minimum Gasteiger partial charge on any atom is -0.313 e. The summed E-state index contributed by atoms with van der Waals surface area (Å²) in [6, 6.07) is 0.776. The van der Waals surface area contributed by atoms with Crippen LogP contribution in [-0.4, -0.2) is 38.1 Å². The molecule has 1 rings (SSSR count). The van der Waals surface area contributed by atoms with E-state index in [0.717, 1.165) is 25.0 Å². The molecule has 2 nitrogen and oxygen atoms in total. The third-order valence-electron chi connectivity index (χ3n) is 3.63. The molecule has 0 saturated heterocycles. The highest BCUT2D eigenvalue weighted by atomic mass is 15.1. The van der Waals surface area contributed by atoms with E-state index in [9.17, 15) is 0 Å². The maximum absolute atomic E-state index is 3.76. The number of nitrogens with one attached hydrogen (secondary N) is 1. The van der Waals surface area contributed by atoms with Gasteiger partial charge in [0.15, 0.2) is 0 Å². The molecule has 0 amide bonds. The smallest absolute Gasteiger partial charge is 0.00675 e. The van der Waals surface area contributed by atoms with Gasteiger partial charge in [-0.3, -0.25) is 0 Å². The van der Waals surface area contributed by atoms with Crippen LogP contribution in [0.5, 0.6) is 0 Å². The van der Waals surface area contributed by atoms with Crippen LogP contribution < -0.4 is 5.32 Å². The Hall–Kier alpha value is -0.0800. The van der Waals surface area contributed by atoms with Gasteiger partial charge >= 0.3 is 0 Å². The Morgan fingerprint density at radius 3 is 2.19 bits per heavy atom. The van der Waals surface area contributed by atoms with Crippen molar-refractivity contribution >= 4 is 0 Å². The Kier molecular flexibility index (Phi) is 5.26. The van der Waals surface area contributed by atoms with Crippen molar-refractivity contribution in [2.45, 2.75) is 52.5 Å². The highest BCUT2D eigenvalue weighted by Crippen LogP contribution is 2.24. The van der Waals surface area contributed by atoms with Crippen molar-refractivity contribution < 1.29 is 0 Å². The van der Waals surface area contributed by atoms with Crippen LogP contribution in [0.15, 0.2) is 0 Å². The normalized spacial score (nSPS) is 27.4. The molecule has 1 saturated carbocycles. The minimum absolute atomic E-state index is 0.382. The van der Waals surface area contributed by atoms with Crippen molar-refractivity contribution in [2.75, 3.05) is 27.2 Å². The largest absolute Gasteiger partial charge is 0.313 e. The van der Waals surface area contributed by atoms with Crippen molar-refractivity contribution in [3.63, 3.8) is 0 Å². The molecule has 0 bridgehead atoms. The van der Waals surface area contributed by atoms with Crippen LogP contribution in [-0.2, 0) is 0 Å². The summed E-state index contributed by atoms with van der Waals surface area (Å²) >= 11 is 0. The number of rotatable bonds is 5. The Balaban J connectivity index is 2.23. The van der Waals surface area contributed by atoms with Crippen LogP contribution in [0.1, 0.15) is 46.5 Å². The van der Waals surface area contributed by atoms with Gasteiger partial charge in [-0.15, -0.1) is 0 Å². The van der Waals surface area contributed by atoms with Crippen molar-refractivity contribution in [3.8, 4) is 0 Å². The average Bonchev–Trinajstić information content (AvgIpc) is 2.15. The molecule has 0 aromatic carbocycles. The summed E-state index contributed by atoms with van der Waals surface area (Å²) < 4.78 is 0. The van der Waals surface area contributed by atoms with E-state index in [-0.39, 0.29) is 0 Å². The predicted molar refractivity (Wildman–Crippen MR) is 71.8 cm³/mol. The van der Waals surface area contributed by atoms with E-state index in [1.54, 1.807) is 0 Å². The lowest BCUT2D eigenvalue weighted by Crippen LogP contribution is -2.42. The van der Waals surface area contributed by atoms with Gasteiger partial charge in [-0.25, -0.2) is 0 Å². The molecule has 96 valence electrons. The first-order valence-corrected chi connectivity index (χ1v) is 6.77. The van der Waals surface area contributed by atoms with Crippen LogP contribution in [0.25, 0.3) is 0 Å². The van der Waals surface area contributed by atoms with E-state index in [2.05, 4.69) is 45.1 Å². The molecule has 0 radical (unpaired) electrons. The van der Waals surface area contributed by atoms with Crippen LogP contribution in [0.2, 0.25) is 0 Å². The molecule has 0 spiro atoms. The first-order valence-electron chi connectivity index (χ1n) is 6.77. The highest BCUT2D eigenvalue weighted by molar-refractivity contribution is 4.80. The standard InChI is InChI=1S/C14H30N2/c1-12-6-8-13(9-7-12)15-10-14(2,3)11-16(4)5/h12-13,15H,6-11H2,1-5H3. The second kappa shape index (κ2) is 6.02. The monoisotopic (exact) mass is 226 g/mol. The van der Waals surface area contributed by atoms with Crippen molar-refractivity contribution in [1.82, 2.24) is 10.2 Å². The summed E-state index contributed by atoms with van der Waals surface area (Å²) in [6.45, 7) is 9.39. The average molecular weight is 226 g/mol. The lowest BCUT2D eigenvalue weighted by Gasteiger charge is -2.33. The first-order chi connectivity index (χ1) is 7.39. The zero-order valence-electron chi connectivity index (χ0n) is 11.8. The Labute approximate surface area is 102 Å². The molecule has 2 heteroatoms. The predicted octanol–water partition coefficient (Wildman–Crippen LogP) is 2.74. The number of hydrogen-bond donors (Lipinski definition) is 1. The topological polar surface area (TPSA) is 15.3 Å². The van der Waals surface area contributed by atoms with Gasteiger partial charge < -0.3 is 10.2 Å². The second-order valence-electron chi connectivity index (χ2n) is 6.74. The van der Waals surface area contributed by atoms with Crippen LogP contribution in [0.4, 0.5) is 0 Å². The van der Waals surface area contributed by atoms with Gasteiger partial charge in [0, 0.05) is 19.1 Å². The molecular weight excluding hydrogens is 196 g/mol. The molecule has 0 aromatic heterocycles. The van der Waals surface area contributed by atoms with E-state index < -0.39 is 0 Å². The van der Waals surface area contributed by atoms with Gasteiger partial charge in [0.1, 0.15) is 0 Å². The molecular formula is C14H30N2. The molecule has 1 aliphatic carbocycles. The summed E-state index contributed by atoms with van der Waals surface area (Å²) in [5, 5.41) is 3.76. The second-order valence-corrected chi connectivity index (χ2v) is 6.74. The highest BCUT2D eigenvalue weighted by Gasteiger charge is 2.22. The maximum atomic E-state index is 3.76. The lowest BCUT2D eigenvalue weighted by molar-refractivity contribution is 0.210. The van der Waals surface area contributed by atoms with Gasteiger partial charge in [-0.2, -0.15) is 0 Å². The maximum Gasteiger partial charge on any atom is 0.00675 e. The third-order valence-corrected chi connectivity index (χ3v) is 3.63. The van der Waals surface area contributed by atoms with Gasteiger partial charge in [0.25, 0.3) is 0 Å². The molecule has 0 atom stereocenters. The summed E-state index contributed by atoms with van der Waals surface area (Å²) in [6.07, 6.45) is 5.57. The molecule has 1 aliphatic rings. The van der Waals surface area contributed by atoms with Crippen molar-refractivity contribution in [3.05, 3.63) is 0 Å².